The summed E-state index contributed by atoms with van der Waals surface area (Å²) in [5, 5.41) is 11.0. The maximum atomic E-state index is 14.7. The van der Waals surface area contributed by atoms with Crippen molar-refractivity contribution < 1.29 is 18.0 Å². The number of nitrogens with zero attached hydrogens (tertiary/aromatic N) is 4. The van der Waals surface area contributed by atoms with Gasteiger partial charge in [0, 0.05) is 23.9 Å². The van der Waals surface area contributed by atoms with E-state index in [9.17, 15) is 18.0 Å². The van der Waals surface area contributed by atoms with Gasteiger partial charge in [-0.15, -0.1) is 0 Å². The first kappa shape index (κ1) is 19.9. The van der Waals surface area contributed by atoms with Crippen LogP contribution < -0.4 is 10.6 Å². The number of benzene rings is 1. The highest BCUT2D eigenvalue weighted by molar-refractivity contribution is 5.98. The second-order valence-corrected chi connectivity index (χ2v) is 8.13. The zero-order valence-corrected chi connectivity index (χ0v) is 16.8. The van der Waals surface area contributed by atoms with Gasteiger partial charge in [-0.25, -0.2) is 23.1 Å². The molecule has 1 saturated heterocycles. The van der Waals surface area contributed by atoms with Crippen LogP contribution in [0.15, 0.2) is 30.6 Å². The molecular weight excluding hydrogens is 409 g/mol. The highest BCUT2D eigenvalue weighted by Gasteiger charge is 2.44. The number of nitrogens with one attached hydrogen (secondary N) is 2. The van der Waals surface area contributed by atoms with E-state index in [0.717, 1.165) is 6.92 Å². The van der Waals surface area contributed by atoms with Gasteiger partial charge < -0.3 is 10.6 Å². The topological polar surface area (TPSA) is 84.7 Å². The molecule has 2 N–H and O–H groups in total. The van der Waals surface area contributed by atoms with E-state index in [1.165, 1.54) is 6.33 Å². The summed E-state index contributed by atoms with van der Waals surface area (Å²) in [5.74, 6) is -5.00. The van der Waals surface area contributed by atoms with E-state index in [1.807, 2.05) is 24.3 Å². The second kappa shape index (κ2) is 7.30. The molecule has 1 fully saturated rings. The van der Waals surface area contributed by atoms with Gasteiger partial charge in [-0.2, -0.15) is 5.10 Å². The number of fused-ring (bicyclic) bond motifs is 2. The molecule has 0 saturated carbocycles. The Morgan fingerprint density at radius 3 is 2.77 bits per heavy atom. The third kappa shape index (κ3) is 3.34. The first-order chi connectivity index (χ1) is 14.8. The van der Waals surface area contributed by atoms with Gasteiger partial charge in [-0.3, -0.25) is 9.48 Å². The van der Waals surface area contributed by atoms with E-state index in [4.69, 9.17) is 0 Å². The molecule has 1 amide bonds. The van der Waals surface area contributed by atoms with Crippen molar-refractivity contribution in [3.05, 3.63) is 36.2 Å². The van der Waals surface area contributed by atoms with Crippen LogP contribution in [0.1, 0.15) is 37.3 Å². The molecule has 3 atom stereocenters. The van der Waals surface area contributed by atoms with Crippen LogP contribution >= 0.6 is 0 Å². The molecule has 1 unspecified atom stereocenters. The van der Waals surface area contributed by atoms with Crippen molar-refractivity contribution in [2.24, 2.45) is 0 Å². The molecule has 0 radical (unpaired) electrons. The highest BCUT2D eigenvalue weighted by atomic mass is 19.3. The van der Waals surface area contributed by atoms with Gasteiger partial charge in [0.2, 0.25) is 5.91 Å². The van der Waals surface area contributed by atoms with E-state index >= 15 is 0 Å². The zero-order chi connectivity index (χ0) is 21.8. The molecule has 31 heavy (non-hydrogen) atoms. The summed E-state index contributed by atoms with van der Waals surface area (Å²) >= 11 is 0. The molecule has 2 aliphatic rings. The second-order valence-electron chi connectivity index (χ2n) is 8.13. The molecular formula is C21H21F3N6O. The number of anilines is 1. The predicted octanol–water partition coefficient (Wildman–Crippen LogP) is 3.45. The van der Waals surface area contributed by atoms with Crippen LogP contribution in [0, 0.1) is 0 Å². The van der Waals surface area contributed by atoms with Crippen molar-refractivity contribution in [3.8, 4) is 11.4 Å². The number of piperidine rings is 1. The lowest BCUT2D eigenvalue weighted by atomic mass is 9.85. The summed E-state index contributed by atoms with van der Waals surface area (Å²) in [5.41, 5.74) is 1.48. The quantitative estimate of drug-likeness (QED) is 0.665. The van der Waals surface area contributed by atoms with Gasteiger partial charge in [-0.1, -0.05) is 18.2 Å². The van der Waals surface area contributed by atoms with Gasteiger partial charge in [0.25, 0.3) is 5.92 Å². The fraction of sp³-hybridized carbons (Fsp3) is 0.429. The molecule has 2 aliphatic heterocycles. The SMILES string of the molecule is CC(F)(F)C1CC(=O)Nc2ncnc(-c3nn([C@H]4CCNC[C@H]4F)c4ccccc34)c21. The maximum Gasteiger partial charge on any atom is 0.252 e. The van der Waals surface area contributed by atoms with Crippen LogP contribution in [0.25, 0.3) is 22.3 Å². The Labute approximate surface area is 176 Å². The minimum Gasteiger partial charge on any atom is -0.314 e. The number of hydrogen-bond acceptors (Lipinski definition) is 5. The molecule has 2 aromatic heterocycles. The summed E-state index contributed by atoms with van der Waals surface area (Å²) in [6.45, 7) is 1.68. The van der Waals surface area contributed by atoms with Crippen molar-refractivity contribution in [2.45, 2.75) is 43.8 Å². The van der Waals surface area contributed by atoms with Crippen molar-refractivity contribution >= 4 is 22.6 Å². The molecule has 3 aromatic rings. The highest BCUT2D eigenvalue weighted by Crippen LogP contribution is 2.46. The lowest BCUT2D eigenvalue weighted by molar-refractivity contribution is -0.119. The van der Waals surface area contributed by atoms with Crippen molar-refractivity contribution in [2.75, 3.05) is 18.4 Å². The average Bonchev–Trinajstić information content (AvgIpc) is 3.11. The molecule has 5 rings (SSSR count). The van der Waals surface area contributed by atoms with E-state index in [1.54, 1.807) is 4.68 Å². The van der Waals surface area contributed by atoms with Gasteiger partial charge in [0.1, 0.15) is 29.7 Å². The van der Waals surface area contributed by atoms with E-state index in [-0.39, 0.29) is 30.0 Å². The Morgan fingerprint density at radius 2 is 2.00 bits per heavy atom. The van der Waals surface area contributed by atoms with Gasteiger partial charge in [-0.05, 0) is 26.0 Å². The van der Waals surface area contributed by atoms with Crippen LogP contribution in [0.4, 0.5) is 19.0 Å². The molecule has 0 aliphatic carbocycles. The zero-order valence-electron chi connectivity index (χ0n) is 16.8. The Balaban J connectivity index is 1.73. The Bertz CT molecular complexity index is 1160. The number of halogens is 3. The lowest BCUT2D eigenvalue weighted by Crippen LogP contribution is -2.39. The largest absolute Gasteiger partial charge is 0.314 e. The molecule has 7 nitrogen and oxygen atoms in total. The number of carbonyl (C=O) groups is 1. The normalized spacial score (nSPS) is 24.1. The number of amides is 1. The van der Waals surface area contributed by atoms with Crippen molar-refractivity contribution in [1.29, 1.82) is 0 Å². The third-order valence-corrected chi connectivity index (χ3v) is 6.02. The Morgan fingerprint density at radius 1 is 1.19 bits per heavy atom. The fourth-order valence-electron chi connectivity index (χ4n) is 4.52. The van der Waals surface area contributed by atoms with Crippen LogP contribution in [0.2, 0.25) is 0 Å². The van der Waals surface area contributed by atoms with Gasteiger partial charge in [0.15, 0.2) is 0 Å². The van der Waals surface area contributed by atoms with E-state index < -0.39 is 30.0 Å². The predicted molar refractivity (Wildman–Crippen MR) is 109 cm³/mol. The van der Waals surface area contributed by atoms with Crippen LogP contribution in [0.5, 0.6) is 0 Å². The molecule has 0 bridgehead atoms. The standard InChI is InChI=1S/C21H21F3N6O/c1-21(23,24)12-8-16(31)28-20-17(12)19(26-10-27-20)18-11-4-2-3-5-14(11)30(29-18)15-6-7-25-9-13(15)22/h2-5,10,12-13,15,25H,6-9H2,1H3,(H,26,27,28,31)/t12?,13-,15+/m1/s1. The molecule has 4 heterocycles. The number of para-hydroxylation sites is 1. The minimum absolute atomic E-state index is 0.0663. The van der Waals surface area contributed by atoms with E-state index in [2.05, 4.69) is 25.7 Å². The lowest BCUT2D eigenvalue weighted by Gasteiger charge is -2.30. The maximum absolute atomic E-state index is 14.7. The summed E-state index contributed by atoms with van der Waals surface area (Å²) in [6.07, 6.45) is 0.271. The Kier molecular flexibility index (Phi) is 4.69. The van der Waals surface area contributed by atoms with Gasteiger partial charge >= 0.3 is 0 Å². The average molecular weight is 430 g/mol. The number of hydrogen-bond donors (Lipinski definition) is 2. The van der Waals surface area contributed by atoms with E-state index in [0.29, 0.717) is 29.6 Å². The van der Waals surface area contributed by atoms with Crippen molar-refractivity contribution in [3.63, 3.8) is 0 Å². The van der Waals surface area contributed by atoms with Crippen LogP contribution in [-0.4, -0.2) is 50.8 Å². The first-order valence-corrected chi connectivity index (χ1v) is 10.2. The molecule has 1 aromatic carbocycles. The number of rotatable bonds is 3. The number of alkyl halides is 3. The number of aromatic nitrogens is 4. The summed E-state index contributed by atoms with van der Waals surface area (Å²) in [4.78, 5) is 20.3. The van der Waals surface area contributed by atoms with Crippen LogP contribution in [-0.2, 0) is 4.79 Å². The first-order valence-electron chi connectivity index (χ1n) is 10.2. The summed E-state index contributed by atoms with van der Waals surface area (Å²) in [7, 11) is 0. The third-order valence-electron chi connectivity index (χ3n) is 6.02. The fourth-order valence-corrected chi connectivity index (χ4v) is 4.52. The van der Waals surface area contributed by atoms with Crippen LogP contribution in [0.3, 0.4) is 0 Å². The Hall–Kier alpha value is -3.01. The van der Waals surface area contributed by atoms with Crippen molar-refractivity contribution in [1.82, 2.24) is 25.1 Å². The minimum atomic E-state index is -3.16. The monoisotopic (exact) mass is 430 g/mol. The molecule has 10 heteroatoms. The molecule has 162 valence electrons. The molecule has 0 spiro atoms. The summed E-state index contributed by atoms with van der Waals surface area (Å²) < 4.78 is 45.4. The number of carbonyl (C=O) groups excluding carboxylic acids is 1. The smallest absolute Gasteiger partial charge is 0.252 e. The summed E-state index contributed by atoms with van der Waals surface area (Å²) in [6, 6.07) is 6.83. The van der Waals surface area contributed by atoms with Gasteiger partial charge in [0.05, 0.1) is 17.5 Å².